The zero-order valence-electron chi connectivity index (χ0n) is 16.4. The minimum absolute atomic E-state index is 0.852. The lowest BCUT2D eigenvalue weighted by Gasteiger charge is -2.20. The lowest BCUT2D eigenvalue weighted by Crippen LogP contribution is -2.13. The van der Waals surface area contributed by atoms with Crippen molar-refractivity contribution in [2.45, 2.75) is 6.92 Å². The van der Waals surface area contributed by atoms with Crippen LogP contribution in [-0.2, 0) is 0 Å². The first kappa shape index (κ1) is 19.2. The van der Waals surface area contributed by atoms with E-state index in [0.717, 1.165) is 44.7 Å². The number of H-pyrrole nitrogens is 1. The third kappa shape index (κ3) is 3.89. The van der Waals surface area contributed by atoms with Crippen molar-refractivity contribution in [1.82, 2.24) is 14.9 Å². The first-order chi connectivity index (χ1) is 13.5. The third-order valence-electron chi connectivity index (χ3n) is 4.72. The molecule has 0 radical (unpaired) electrons. The minimum Gasteiger partial charge on any atom is -0.349 e. The Morgan fingerprint density at radius 1 is 1.14 bits per heavy atom. The molecule has 0 saturated heterocycles. The molecule has 3 heteroatoms. The molecule has 2 aromatic heterocycles. The van der Waals surface area contributed by atoms with Crippen molar-refractivity contribution in [2.75, 3.05) is 7.05 Å². The van der Waals surface area contributed by atoms with Crippen molar-refractivity contribution in [2.24, 2.45) is 0 Å². The fourth-order valence-electron chi connectivity index (χ4n) is 3.03. The number of nitrogens with one attached hydrogen (secondary N) is 1. The maximum absolute atomic E-state index is 4.60. The van der Waals surface area contributed by atoms with E-state index < -0.39 is 0 Å². The van der Waals surface area contributed by atoms with Crippen LogP contribution in [0.3, 0.4) is 0 Å². The standard InChI is InChI=1S/C25H25N3/c1-6-11-22(28(5)18(3)4)14-19(7-2)24-17-27-25-23(24)15-21(16-26-25)20-12-9-8-10-13-20/h6-17H,1-3H2,4-5H3,(H,26,27)/b19-14+,22-11+. The van der Waals surface area contributed by atoms with Crippen LogP contribution in [0.2, 0.25) is 0 Å². The zero-order chi connectivity index (χ0) is 20.1. The average molecular weight is 367 g/mol. The van der Waals surface area contributed by atoms with Gasteiger partial charge in [-0.25, -0.2) is 4.98 Å². The highest BCUT2D eigenvalue weighted by Crippen LogP contribution is 2.30. The number of rotatable bonds is 7. The fourth-order valence-corrected chi connectivity index (χ4v) is 3.03. The van der Waals surface area contributed by atoms with E-state index in [1.807, 2.05) is 61.6 Å². The summed E-state index contributed by atoms with van der Waals surface area (Å²) >= 11 is 0. The van der Waals surface area contributed by atoms with Crippen LogP contribution in [0.5, 0.6) is 0 Å². The second-order valence-corrected chi connectivity index (χ2v) is 6.61. The maximum Gasteiger partial charge on any atom is 0.137 e. The number of aromatic nitrogens is 2. The number of nitrogens with zero attached hydrogens (tertiary/aromatic N) is 2. The number of likely N-dealkylation sites (N-methyl/N-ethyl adjacent to an activating group) is 1. The number of fused-ring (bicyclic) bond motifs is 1. The van der Waals surface area contributed by atoms with Crippen LogP contribution in [0.1, 0.15) is 12.5 Å². The summed E-state index contributed by atoms with van der Waals surface area (Å²) in [6, 6.07) is 12.4. The van der Waals surface area contributed by atoms with Crippen LogP contribution < -0.4 is 0 Å². The smallest absolute Gasteiger partial charge is 0.137 e. The van der Waals surface area contributed by atoms with E-state index in [0.29, 0.717) is 0 Å². The minimum atomic E-state index is 0.852. The Morgan fingerprint density at radius 3 is 2.54 bits per heavy atom. The van der Waals surface area contributed by atoms with Gasteiger partial charge in [0.1, 0.15) is 5.65 Å². The highest BCUT2D eigenvalue weighted by Gasteiger charge is 2.11. The maximum atomic E-state index is 4.60. The number of pyridine rings is 1. The number of benzene rings is 1. The molecular formula is C25H25N3. The second-order valence-electron chi connectivity index (χ2n) is 6.61. The Balaban J connectivity index is 2.12. The molecule has 28 heavy (non-hydrogen) atoms. The van der Waals surface area contributed by atoms with Crippen molar-refractivity contribution < 1.29 is 0 Å². The van der Waals surface area contributed by atoms with Crippen LogP contribution in [-0.4, -0.2) is 21.9 Å². The molecule has 1 N–H and O–H groups in total. The van der Waals surface area contributed by atoms with E-state index in [1.165, 1.54) is 0 Å². The number of hydrogen-bond donors (Lipinski definition) is 1. The molecule has 0 bridgehead atoms. The van der Waals surface area contributed by atoms with E-state index in [2.05, 4.69) is 54.0 Å². The number of hydrogen-bond acceptors (Lipinski definition) is 2. The summed E-state index contributed by atoms with van der Waals surface area (Å²) in [4.78, 5) is 9.89. The highest BCUT2D eigenvalue weighted by atomic mass is 15.1. The van der Waals surface area contributed by atoms with Gasteiger partial charge in [-0.3, -0.25) is 0 Å². The van der Waals surface area contributed by atoms with Gasteiger partial charge in [-0.2, -0.15) is 0 Å². The van der Waals surface area contributed by atoms with Crippen LogP contribution in [0.4, 0.5) is 0 Å². The van der Waals surface area contributed by atoms with Crippen molar-refractivity contribution in [3.63, 3.8) is 0 Å². The Labute approximate surface area is 166 Å². The van der Waals surface area contributed by atoms with Gasteiger partial charge in [-0.15, -0.1) is 0 Å². The molecule has 0 aliphatic carbocycles. The summed E-state index contributed by atoms with van der Waals surface area (Å²) in [6.45, 7) is 13.9. The normalized spacial score (nSPS) is 12.1. The molecule has 0 fully saturated rings. The Hall–Kier alpha value is -3.59. The summed E-state index contributed by atoms with van der Waals surface area (Å²) < 4.78 is 0. The summed E-state index contributed by atoms with van der Waals surface area (Å²) in [6.07, 6.45) is 11.6. The average Bonchev–Trinajstić information content (AvgIpc) is 3.14. The SMILES string of the molecule is C=C/C=C(\C=C(/C=C)c1c[nH]c2ncc(-c3ccccc3)cc12)N(C)C(=C)C. The summed E-state index contributed by atoms with van der Waals surface area (Å²) in [5, 5.41) is 1.06. The molecule has 0 amide bonds. The van der Waals surface area contributed by atoms with Crippen LogP contribution in [0, 0.1) is 0 Å². The predicted octanol–water partition coefficient (Wildman–Crippen LogP) is 6.33. The second kappa shape index (κ2) is 8.40. The largest absolute Gasteiger partial charge is 0.349 e. The Kier molecular flexibility index (Phi) is 5.75. The first-order valence-corrected chi connectivity index (χ1v) is 9.14. The Bertz CT molecular complexity index is 1080. The van der Waals surface area contributed by atoms with Crippen molar-refractivity contribution in [3.8, 4) is 11.1 Å². The summed E-state index contributed by atoms with van der Waals surface area (Å²) in [7, 11) is 1.99. The van der Waals surface area contributed by atoms with Gasteiger partial charge in [0.2, 0.25) is 0 Å². The molecule has 1 aromatic carbocycles. The lowest BCUT2D eigenvalue weighted by molar-refractivity contribution is 0.540. The van der Waals surface area contributed by atoms with Gasteiger partial charge >= 0.3 is 0 Å². The molecule has 3 rings (SSSR count). The van der Waals surface area contributed by atoms with Crippen molar-refractivity contribution in [1.29, 1.82) is 0 Å². The van der Waals surface area contributed by atoms with Gasteiger partial charge in [0.25, 0.3) is 0 Å². The van der Waals surface area contributed by atoms with Crippen LogP contribution >= 0.6 is 0 Å². The van der Waals surface area contributed by atoms with E-state index >= 15 is 0 Å². The molecule has 3 nitrogen and oxygen atoms in total. The van der Waals surface area contributed by atoms with Gasteiger partial charge in [0.15, 0.2) is 0 Å². The molecule has 140 valence electrons. The molecule has 2 heterocycles. The quantitative estimate of drug-likeness (QED) is 0.495. The molecule has 0 atom stereocenters. The van der Waals surface area contributed by atoms with E-state index in [9.17, 15) is 0 Å². The zero-order valence-corrected chi connectivity index (χ0v) is 16.4. The van der Waals surface area contributed by atoms with Gasteiger partial charge in [0.05, 0.1) is 0 Å². The fraction of sp³-hybridized carbons (Fsp3) is 0.0800. The first-order valence-electron chi connectivity index (χ1n) is 9.14. The Morgan fingerprint density at radius 2 is 1.89 bits per heavy atom. The molecule has 0 unspecified atom stereocenters. The molecule has 0 aliphatic rings. The van der Waals surface area contributed by atoms with Gasteiger partial charge in [-0.1, -0.05) is 62.2 Å². The third-order valence-corrected chi connectivity index (χ3v) is 4.72. The van der Waals surface area contributed by atoms with Gasteiger partial charge in [-0.05, 0) is 36.3 Å². The van der Waals surface area contributed by atoms with E-state index in [1.54, 1.807) is 6.08 Å². The number of aromatic amines is 1. The van der Waals surface area contributed by atoms with E-state index in [-0.39, 0.29) is 0 Å². The van der Waals surface area contributed by atoms with Crippen molar-refractivity contribution >= 4 is 16.6 Å². The molecule has 0 spiro atoms. The lowest BCUT2D eigenvalue weighted by atomic mass is 10.0. The topological polar surface area (TPSA) is 31.9 Å². The summed E-state index contributed by atoms with van der Waals surface area (Å²) in [5.74, 6) is 0. The van der Waals surface area contributed by atoms with Crippen LogP contribution in [0.25, 0.3) is 27.7 Å². The molecular weight excluding hydrogens is 342 g/mol. The van der Waals surface area contributed by atoms with Crippen LogP contribution in [0.15, 0.2) is 104 Å². The molecule has 3 aromatic rings. The highest BCUT2D eigenvalue weighted by molar-refractivity contribution is 5.95. The molecule has 0 saturated carbocycles. The van der Waals surface area contributed by atoms with E-state index in [4.69, 9.17) is 0 Å². The predicted molar refractivity (Wildman–Crippen MR) is 121 cm³/mol. The number of allylic oxidation sites excluding steroid dienone is 6. The van der Waals surface area contributed by atoms with Gasteiger partial charge in [0, 0.05) is 47.3 Å². The summed E-state index contributed by atoms with van der Waals surface area (Å²) in [5.41, 5.74) is 7.06. The van der Waals surface area contributed by atoms with Gasteiger partial charge < -0.3 is 9.88 Å². The molecule has 0 aliphatic heterocycles. The van der Waals surface area contributed by atoms with Crippen molar-refractivity contribution in [3.05, 3.63) is 110 Å². The monoisotopic (exact) mass is 367 g/mol.